The highest BCUT2D eigenvalue weighted by molar-refractivity contribution is 5.57. The second-order valence-corrected chi connectivity index (χ2v) is 5.17. The molecule has 0 amide bonds. The Morgan fingerprint density at radius 3 is 2.86 bits per heavy atom. The number of piperidine rings is 1. The Bertz CT molecular complexity index is 549. The van der Waals surface area contributed by atoms with E-state index in [-0.39, 0.29) is 11.3 Å². The summed E-state index contributed by atoms with van der Waals surface area (Å²) in [6.45, 7) is 5.59. The summed E-state index contributed by atoms with van der Waals surface area (Å²) >= 11 is 0. The topological polar surface area (TPSA) is 95.1 Å². The van der Waals surface area contributed by atoms with Crippen LogP contribution in [0.2, 0.25) is 0 Å². The third kappa shape index (κ3) is 3.67. The minimum absolute atomic E-state index is 0.145. The van der Waals surface area contributed by atoms with Crippen molar-refractivity contribution in [3.63, 3.8) is 0 Å². The molecule has 1 N–H and O–H groups in total. The van der Waals surface area contributed by atoms with E-state index in [1.54, 1.807) is 0 Å². The summed E-state index contributed by atoms with van der Waals surface area (Å²) in [5, 5.41) is 23.3. The second kappa shape index (κ2) is 6.99. The van der Waals surface area contributed by atoms with Gasteiger partial charge in [0.2, 0.25) is 0 Å². The monoisotopic (exact) mass is 289 g/mol. The summed E-state index contributed by atoms with van der Waals surface area (Å²) in [5.74, 6) is 1.11. The van der Waals surface area contributed by atoms with Crippen molar-refractivity contribution >= 4 is 11.5 Å². The quantitative estimate of drug-likeness (QED) is 0.654. The van der Waals surface area contributed by atoms with Gasteiger partial charge in [0, 0.05) is 19.2 Å². The smallest absolute Gasteiger partial charge is 0.289 e. The third-order valence-electron chi connectivity index (χ3n) is 3.80. The van der Waals surface area contributed by atoms with Crippen LogP contribution in [0.15, 0.2) is 12.3 Å². The van der Waals surface area contributed by atoms with Crippen molar-refractivity contribution in [3.05, 3.63) is 27.9 Å². The average Bonchev–Trinajstić information content (AvgIpc) is 2.53. The molecule has 0 atom stereocenters. The van der Waals surface area contributed by atoms with E-state index in [9.17, 15) is 15.4 Å². The summed E-state index contributed by atoms with van der Waals surface area (Å²) in [6, 6.07) is 3.32. The van der Waals surface area contributed by atoms with Gasteiger partial charge in [-0.05, 0) is 38.8 Å². The van der Waals surface area contributed by atoms with Crippen LogP contribution in [-0.4, -0.2) is 36.1 Å². The second-order valence-electron chi connectivity index (χ2n) is 5.17. The molecule has 21 heavy (non-hydrogen) atoms. The molecule has 112 valence electrons. The van der Waals surface area contributed by atoms with E-state index in [0.29, 0.717) is 11.7 Å². The van der Waals surface area contributed by atoms with Crippen LogP contribution < -0.4 is 10.2 Å². The molecule has 0 unspecified atom stereocenters. The van der Waals surface area contributed by atoms with E-state index >= 15 is 0 Å². The maximum absolute atomic E-state index is 10.8. The summed E-state index contributed by atoms with van der Waals surface area (Å²) < 4.78 is 0. The summed E-state index contributed by atoms with van der Waals surface area (Å²) in [7, 11) is 0. The Balaban J connectivity index is 2.20. The first-order valence-electron chi connectivity index (χ1n) is 7.16. The molecule has 1 saturated heterocycles. The molecule has 2 rings (SSSR count). The number of hydrogen-bond donors (Lipinski definition) is 1. The number of aromatic nitrogens is 1. The fourth-order valence-corrected chi connectivity index (χ4v) is 2.62. The minimum atomic E-state index is -0.527. The molecule has 0 aromatic carbocycles. The van der Waals surface area contributed by atoms with Crippen molar-refractivity contribution in [2.45, 2.75) is 19.8 Å². The predicted molar refractivity (Wildman–Crippen MR) is 79.1 cm³/mol. The van der Waals surface area contributed by atoms with E-state index < -0.39 is 4.92 Å². The molecule has 1 aromatic heterocycles. The molecule has 0 spiro atoms. The molecule has 0 radical (unpaired) electrons. The SMILES string of the molecule is CCN(CC1CCNCC1)c1ncc([N+](=O)[O-])cc1C#N. The Morgan fingerprint density at radius 1 is 1.57 bits per heavy atom. The van der Waals surface area contributed by atoms with Gasteiger partial charge in [0.1, 0.15) is 23.6 Å². The predicted octanol–water partition coefficient (Wildman–Crippen LogP) is 1.69. The van der Waals surface area contributed by atoms with Crippen LogP contribution in [0, 0.1) is 27.4 Å². The minimum Gasteiger partial charge on any atom is -0.356 e. The lowest BCUT2D eigenvalue weighted by Gasteiger charge is -2.30. The molecule has 0 bridgehead atoms. The lowest BCUT2D eigenvalue weighted by atomic mass is 9.97. The van der Waals surface area contributed by atoms with Gasteiger partial charge in [-0.25, -0.2) is 4.98 Å². The van der Waals surface area contributed by atoms with Crippen molar-refractivity contribution in [1.29, 1.82) is 5.26 Å². The number of hydrogen-bond acceptors (Lipinski definition) is 6. The zero-order valence-corrected chi connectivity index (χ0v) is 12.1. The first-order chi connectivity index (χ1) is 10.2. The van der Waals surface area contributed by atoms with Gasteiger partial charge >= 0.3 is 0 Å². The summed E-state index contributed by atoms with van der Waals surface area (Å²) in [4.78, 5) is 16.4. The van der Waals surface area contributed by atoms with E-state index in [4.69, 9.17) is 0 Å². The fourth-order valence-electron chi connectivity index (χ4n) is 2.62. The van der Waals surface area contributed by atoms with E-state index in [0.717, 1.165) is 39.0 Å². The third-order valence-corrected chi connectivity index (χ3v) is 3.80. The number of nitrogens with one attached hydrogen (secondary N) is 1. The largest absolute Gasteiger partial charge is 0.356 e. The standard InChI is InChI=1S/C14H19N5O2/c1-2-18(10-11-3-5-16-6-4-11)14-12(8-15)7-13(9-17-14)19(20)21/h7,9,11,16H,2-6,10H2,1H3. The highest BCUT2D eigenvalue weighted by Gasteiger charge is 2.21. The summed E-state index contributed by atoms with van der Waals surface area (Å²) in [6.07, 6.45) is 3.43. The molecule has 0 saturated carbocycles. The molecule has 7 heteroatoms. The molecule has 2 heterocycles. The molecular weight excluding hydrogens is 270 g/mol. The van der Waals surface area contributed by atoms with Gasteiger partial charge in [0.25, 0.3) is 5.69 Å². The maximum atomic E-state index is 10.8. The zero-order valence-electron chi connectivity index (χ0n) is 12.1. The first-order valence-corrected chi connectivity index (χ1v) is 7.16. The molecule has 7 nitrogen and oxygen atoms in total. The van der Waals surface area contributed by atoms with Crippen LogP contribution in [0.1, 0.15) is 25.3 Å². The van der Waals surface area contributed by atoms with E-state index in [2.05, 4.69) is 10.3 Å². The number of nitro groups is 1. The molecule has 0 aliphatic carbocycles. The van der Waals surface area contributed by atoms with Crippen molar-refractivity contribution in [3.8, 4) is 6.07 Å². The average molecular weight is 289 g/mol. The highest BCUT2D eigenvalue weighted by Crippen LogP contribution is 2.24. The van der Waals surface area contributed by atoms with Gasteiger partial charge in [-0.2, -0.15) is 5.26 Å². The van der Waals surface area contributed by atoms with Gasteiger partial charge in [0.15, 0.2) is 0 Å². The number of anilines is 1. The Kier molecular flexibility index (Phi) is 5.06. The van der Waals surface area contributed by atoms with Gasteiger partial charge < -0.3 is 10.2 Å². The van der Waals surface area contributed by atoms with Gasteiger partial charge in [-0.3, -0.25) is 10.1 Å². The Hall–Kier alpha value is -2.20. The molecule has 1 aliphatic heterocycles. The van der Waals surface area contributed by atoms with Crippen molar-refractivity contribution in [2.24, 2.45) is 5.92 Å². The zero-order chi connectivity index (χ0) is 15.2. The van der Waals surface area contributed by atoms with Gasteiger partial charge in [-0.1, -0.05) is 0 Å². The van der Waals surface area contributed by atoms with Crippen LogP contribution in [0.3, 0.4) is 0 Å². The van der Waals surface area contributed by atoms with Crippen LogP contribution in [-0.2, 0) is 0 Å². The van der Waals surface area contributed by atoms with E-state index in [1.807, 2.05) is 17.9 Å². The van der Waals surface area contributed by atoms with Crippen molar-refractivity contribution < 1.29 is 4.92 Å². The molecule has 1 aliphatic rings. The summed E-state index contributed by atoms with van der Waals surface area (Å²) in [5.41, 5.74) is 0.119. The van der Waals surface area contributed by atoms with Gasteiger partial charge in [0.05, 0.1) is 4.92 Å². The fraction of sp³-hybridized carbons (Fsp3) is 0.571. The van der Waals surface area contributed by atoms with Gasteiger partial charge in [-0.15, -0.1) is 0 Å². The highest BCUT2D eigenvalue weighted by atomic mass is 16.6. The Morgan fingerprint density at radius 2 is 2.29 bits per heavy atom. The normalized spacial score (nSPS) is 15.4. The van der Waals surface area contributed by atoms with E-state index in [1.165, 1.54) is 12.3 Å². The molecule has 1 fully saturated rings. The Labute approximate surface area is 123 Å². The molecular formula is C14H19N5O2. The first kappa shape index (κ1) is 15.2. The van der Waals surface area contributed by atoms with Crippen LogP contribution in [0.25, 0.3) is 0 Å². The number of rotatable bonds is 5. The molecule has 1 aromatic rings. The van der Waals surface area contributed by atoms with Crippen LogP contribution in [0.4, 0.5) is 11.5 Å². The van der Waals surface area contributed by atoms with Crippen molar-refractivity contribution in [2.75, 3.05) is 31.1 Å². The van der Waals surface area contributed by atoms with Crippen LogP contribution >= 0.6 is 0 Å². The van der Waals surface area contributed by atoms with Crippen LogP contribution in [0.5, 0.6) is 0 Å². The number of nitriles is 1. The lowest BCUT2D eigenvalue weighted by Crippen LogP contribution is -2.36. The maximum Gasteiger partial charge on any atom is 0.289 e. The number of nitrogens with zero attached hydrogens (tertiary/aromatic N) is 4. The van der Waals surface area contributed by atoms with Crippen molar-refractivity contribution in [1.82, 2.24) is 10.3 Å². The number of pyridine rings is 1. The lowest BCUT2D eigenvalue weighted by molar-refractivity contribution is -0.385.